The molecule has 0 bridgehead atoms. The maximum Gasteiger partial charge on any atom is 0.407 e. The van der Waals surface area contributed by atoms with Crippen molar-refractivity contribution in [1.29, 1.82) is 0 Å². The number of hydrogen-bond acceptors (Lipinski definition) is 6. The fraction of sp³-hybridized carbons (Fsp3) is 0.562. The quantitative estimate of drug-likeness (QED) is 0.433. The van der Waals surface area contributed by atoms with Crippen LogP contribution in [0.4, 0.5) is 16.2 Å². The van der Waals surface area contributed by atoms with E-state index in [0.29, 0.717) is 31.0 Å². The van der Waals surface area contributed by atoms with E-state index in [0.717, 1.165) is 12.2 Å². The molecule has 0 radical (unpaired) electrons. The van der Waals surface area contributed by atoms with Crippen molar-refractivity contribution in [2.45, 2.75) is 39.7 Å². The van der Waals surface area contributed by atoms with Gasteiger partial charge in [0, 0.05) is 19.2 Å². The summed E-state index contributed by atoms with van der Waals surface area (Å²) in [5.74, 6) is 0.692. The molecule has 0 atom stereocenters. The van der Waals surface area contributed by atoms with E-state index < -0.39 is 11.7 Å². The molecule has 7 nitrogen and oxygen atoms in total. The molecule has 0 heterocycles. The predicted octanol–water partition coefficient (Wildman–Crippen LogP) is 3.21. The van der Waals surface area contributed by atoms with E-state index >= 15 is 0 Å². The second-order valence-electron chi connectivity index (χ2n) is 5.98. The molecule has 7 heteroatoms. The van der Waals surface area contributed by atoms with E-state index in [1.165, 1.54) is 0 Å². The van der Waals surface area contributed by atoms with Crippen LogP contribution < -0.4 is 20.9 Å². The van der Waals surface area contributed by atoms with E-state index in [9.17, 15) is 4.79 Å². The molecule has 4 N–H and O–H groups in total. The molecular formula is C16H27N3O4. The highest BCUT2D eigenvalue weighted by atomic mass is 16.6. The van der Waals surface area contributed by atoms with Gasteiger partial charge in [-0.1, -0.05) is 0 Å². The van der Waals surface area contributed by atoms with Crippen molar-refractivity contribution >= 4 is 17.5 Å². The second-order valence-corrected chi connectivity index (χ2v) is 5.98. The zero-order valence-corrected chi connectivity index (χ0v) is 14.2. The van der Waals surface area contributed by atoms with Gasteiger partial charge in [0.1, 0.15) is 11.4 Å². The smallest absolute Gasteiger partial charge is 0.407 e. The van der Waals surface area contributed by atoms with Crippen molar-refractivity contribution in [3.63, 3.8) is 0 Å². The molecule has 23 heavy (non-hydrogen) atoms. The topological polar surface area (TPSA) is 91.9 Å². The number of benzene rings is 1. The van der Waals surface area contributed by atoms with Crippen LogP contribution in [0.3, 0.4) is 0 Å². The van der Waals surface area contributed by atoms with Gasteiger partial charge in [0.2, 0.25) is 0 Å². The van der Waals surface area contributed by atoms with E-state index in [1.54, 1.807) is 12.1 Å². The summed E-state index contributed by atoms with van der Waals surface area (Å²) >= 11 is 0. The summed E-state index contributed by atoms with van der Waals surface area (Å²) in [7, 11) is 0. The van der Waals surface area contributed by atoms with Gasteiger partial charge < -0.3 is 20.1 Å². The van der Waals surface area contributed by atoms with E-state index in [2.05, 4.69) is 16.1 Å². The third-order valence-electron chi connectivity index (χ3n) is 2.74. The molecule has 130 valence electrons. The van der Waals surface area contributed by atoms with Gasteiger partial charge in [-0.2, -0.15) is 0 Å². The number of nitrogens with one attached hydrogen (secondary N) is 3. The molecule has 1 rings (SSSR count). The first kappa shape index (κ1) is 18.9. The van der Waals surface area contributed by atoms with Crippen LogP contribution >= 0.6 is 0 Å². The van der Waals surface area contributed by atoms with E-state index in [-0.39, 0.29) is 0 Å². The zero-order valence-electron chi connectivity index (χ0n) is 14.2. The minimum Gasteiger partial charge on any atom is -0.493 e. The number of alkyl carbamates (subject to hydrolysis) is 1. The Labute approximate surface area is 137 Å². The Morgan fingerprint density at radius 3 is 2.61 bits per heavy atom. The minimum atomic E-state index is -0.494. The van der Waals surface area contributed by atoms with Crippen LogP contribution in [-0.4, -0.2) is 36.6 Å². The molecule has 1 aromatic carbocycles. The average molecular weight is 325 g/mol. The van der Waals surface area contributed by atoms with Crippen molar-refractivity contribution in [3.8, 4) is 5.75 Å². The Hall–Kier alpha value is -2.15. The van der Waals surface area contributed by atoms with Gasteiger partial charge in [-0.05, 0) is 46.2 Å². The van der Waals surface area contributed by atoms with E-state index in [1.807, 2.05) is 33.8 Å². The molecule has 0 unspecified atom stereocenters. The highest BCUT2D eigenvalue weighted by Crippen LogP contribution is 2.26. The standard InChI is InChI=1S/C16H27N3O4/c1-5-17-14-11-12(7-8-13(14)19-21)22-10-6-9-18-15(20)23-16(2,3)4/h7-8,11,17,19,21H,5-6,9-10H2,1-4H3,(H,18,20). The fourth-order valence-electron chi connectivity index (χ4n) is 1.81. The lowest BCUT2D eigenvalue weighted by atomic mass is 10.2. The lowest BCUT2D eigenvalue weighted by Crippen LogP contribution is -2.33. The minimum absolute atomic E-state index is 0.426. The largest absolute Gasteiger partial charge is 0.493 e. The number of carbonyl (C=O) groups is 1. The Bertz CT molecular complexity index is 501. The van der Waals surface area contributed by atoms with Crippen LogP contribution in [0.1, 0.15) is 34.1 Å². The molecule has 0 saturated carbocycles. The van der Waals surface area contributed by atoms with Crippen LogP contribution in [0.25, 0.3) is 0 Å². The van der Waals surface area contributed by atoms with Crippen LogP contribution in [0.15, 0.2) is 18.2 Å². The van der Waals surface area contributed by atoms with Gasteiger partial charge in [-0.25, -0.2) is 4.79 Å². The van der Waals surface area contributed by atoms with Gasteiger partial charge >= 0.3 is 6.09 Å². The molecule has 0 aliphatic carbocycles. The molecule has 0 saturated heterocycles. The molecule has 0 fully saturated rings. The van der Waals surface area contributed by atoms with E-state index in [4.69, 9.17) is 14.7 Å². The summed E-state index contributed by atoms with van der Waals surface area (Å²) in [5, 5.41) is 14.8. The highest BCUT2D eigenvalue weighted by Gasteiger charge is 2.15. The SMILES string of the molecule is CCNc1cc(OCCCNC(=O)OC(C)(C)C)ccc1NO. The van der Waals surface area contributed by atoms with Crippen molar-refractivity contribution in [2.75, 3.05) is 30.5 Å². The van der Waals surface area contributed by atoms with Crippen molar-refractivity contribution in [3.05, 3.63) is 18.2 Å². The lowest BCUT2D eigenvalue weighted by Gasteiger charge is -2.19. The number of rotatable bonds is 8. The Balaban J connectivity index is 2.33. The number of amides is 1. The fourth-order valence-corrected chi connectivity index (χ4v) is 1.81. The Kier molecular flexibility index (Phi) is 7.47. The summed E-state index contributed by atoms with van der Waals surface area (Å²) < 4.78 is 10.8. The Morgan fingerprint density at radius 1 is 1.26 bits per heavy atom. The molecule has 1 amide bonds. The molecule has 0 aliphatic heterocycles. The Morgan fingerprint density at radius 2 is 2.00 bits per heavy atom. The van der Waals surface area contributed by atoms with Crippen LogP contribution in [0.5, 0.6) is 5.75 Å². The van der Waals surface area contributed by atoms with Gasteiger partial charge in [0.05, 0.1) is 18.0 Å². The lowest BCUT2D eigenvalue weighted by molar-refractivity contribution is 0.0525. The van der Waals surface area contributed by atoms with Crippen LogP contribution in [0, 0.1) is 0 Å². The maximum atomic E-state index is 11.5. The zero-order chi connectivity index (χ0) is 17.3. The average Bonchev–Trinajstić information content (AvgIpc) is 2.45. The van der Waals surface area contributed by atoms with Crippen LogP contribution in [0.2, 0.25) is 0 Å². The first-order chi connectivity index (χ1) is 10.9. The number of anilines is 2. The van der Waals surface area contributed by atoms with Crippen molar-refractivity contribution < 1.29 is 19.5 Å². The number of carbonyl (C=O) groups excluding carboxylic acids is 1. The molecular weight excluding hydrogens is 298 g/mol. The van der Waals surface area contributed by atoms with Crippen LogP contribution in [-0.2, 0) is 4.74 Å². The van der Waals surface area contributed by atoms with Crippen molar-refractivity contribution in [2.24, 2.45) is 0 Å². The maximum absolute atomic E-state index is 11.5. The summed E-state index contributed by atoms with van der Waals surface area (Å²) in [6.07, 6.45) is 0.237. The monoisotopic (exact) mass is 325 g/mol. The van der Waals surface area contributed by atoms with Gasteiger partial charge in [-0.15, -0.1) is 0 Å². The normalized spacial score (nSPS) is 10.8. The highest BCUT2D eigenvalue weighted by molar-refractivity contribution is 5.69. The summed E-state index contributed by atoms with van der Waals surface area (Å²) in [4.78, 5) is 11.5. The van der Waals surface area contributed by atoms with Gasteiger partial charge in [-0.3, -0.25) is 10.7 Å². The number of ether oxygens (including phenoxy) is 2. The summed E-state index contributed by atoms with van der Waals surface area (Å²) in [6.45, 7) is 9.11. The number of hydrogen-bond donors (Lipinski definition) is 4. The first-order valence-corrected chi connectivity index (χ1v) is 7.73. The third kappa shape index (κ3) is 7.60. The molecule has 0 spiro atoms. The van der Waals surface area contributed by atoms with Crippen molar-refractivity contribution in [1.82, 2.24) is 5.32 Å². The first-order valence-electron chi connectivity index (χ1n) is 7.73. The molecule has 0 aliphatic rings. The van der Waals surface area contributed by atoms with Gasteiger partial charge in [0.25, 0.3) is 0 Å². The predicted molar refractivity (Wildman–Crippen MR) is 90.4 cm³/mol. The third-order valence-corrected chi connectivity index (χ3v) is 2.74. The summed E-state index contributed by atoms with van der Waals surface area (Å²) in [6, 6.07) is 5.30. The summed E-state index contributed by atoms with van der Waals surface area (Å²) in [5.41, 5.74) is 2.99. The molecule has 1 aromatic rings. The van der Waals surface area contributed by atoms with Gasteiger partial charge in [0.15, 0.2) is 0 Å². The second kappa shape index (κ2) is 9.09. The molecule has 0 aromatic heterocycles.